The summed E-state index contributed by atoms with van der Waals surface area (Å²) in [6, 6.07) is 12.3. The molecule has 0 saturated heterocycles. The molecule has 1 aromatic carbocycles. The molecule has 1 amide bonds. The minimum Gasteiger partial charge on any atom is -0.342 e. The van der Waals surface area contributed by atoms with Gasteiger partial charge in [-0.25, -0.2) is 0 Å². The smallest absolute Gasteiger partial charge is 0.227 e. The predicted octanol–water partition coefficient (Wildman–Crippen LogP) is 2.68. The normalized spacial score (nSPS) is 30.9. The molecule has 2 saturated carbocycles. The van der Waals surface area contributed by atoms with Crippen molar-refractivity contribution < 1.29 is 4.79 Å². The highest BCUT2D eigenvalue weighted by Crippen LogP contribution is 2.57. The number of nitriles is 1. The lowest BCUT2D eigenvalue weighted by Crippen LogP contribution is -2.46. The number of hydrogen-bond acceptors (Lipinski definition) is 2. The summed E-state index contributed by atoms with van der Waals surface area (Å²) in [5, 5.41) is 11.5. The van der Waals surface area contributed by atoms with Crippen molar-refractivity contribution in [3.63, 3.8) is 0 Å². The maximum absolute atomic E-state index is 12.7. The third kappa shape index (κ3) is 2.20. The SMILES string of the molecule is N#CCNC(=O)[C@@]1(Cc2ccccc2)C[C@H]2CC[C@H]1C2. The van der Waals surface area contributed by atoms with E-state index in [-0.39, 0.29) is 17.9 Å². The van der Waals surface area contributed by atoms with Crippen LogP contribution in [0.4, 0.5) is 0 Å². The fourth-order valence-corrected chi connectivity index (χ4v) is 4.27. The summed E-state index contributed by atoms with van der Waals surface area (Å²) in [5.41, 5.74) is 0.952. The number of carbonyl (C=O) groups is 1. The molecule has 3 heteroatoms. The average molecular weight is 268 g/mol. The summed E-state index contributed by atoms with van der Waals surface area (Å²) < 4.78 is 0. The van der Waals surface area contributed by atoms with Crippen LogP contribution in [-0.2, 0) is 11.2 Å². The van der Waals surface area contributed by atoms with Crippen LogP contribution in [0.3, 0.4) is 0 Å². The number of nitrogens with one attached hydrogen (secondary N) is 1. The standard InChI is InChI=1S/C17H20N2O/c18-8-9-19-16(20)17(11-13-4-2-1-3-5-13)12-14-6-7-15(17)10-14/h1-5,14-15H,6-7,9-12H2,(H,19,20)/t14-,15-,17-/m0/s1. The number of fused-ring (bicyclic) bond motifs is 2. The molecule has 2 aliphatic carbocycles. The first kappa shape index (κ1) is 13.2. The highest BCUT2D eigenvalue weighted by atomic mass is 16.2. The highest BCUT2D eigenvalue weighted by Gasteiger charge is 2.55. The molecular weight excluding hydrogens is 248 g/mol. The number of hydrogen-bond donors (Lipinski definition) is 1. The molecule has 2 fully saturated rings. The molecule has 0 aromatic heterocycles. The Hall–Kier alpha value is -1.82. The van der Waals surface area contributed by atoms with E-state index in [1.54, 1.807) is 0 Å². The Bertz CT molecular complexity index is 534. The van der Waals surface area contributed by atoms with E-state index >= 15 is 0 Å². The highest BCUT2D eigenvalue weighted by molar-refractivity contribution is 5.84. The predicted molar refractivity (Wildman–Crippen MR) is 76.6 cm³/mol. The zero-order chi connectivity index (χ0) is 14.0. The lowest BCUT2D eigenvalue weighted by atomic mass is 9.68. The van der Waals surface area contributed by atoms with Gasteiger partial charge < -0.3 is 5.32 Å². The molecule has 0 unspecified atom stereocenters. The van der Waals surface area contributed by atoms with Gasteiger partial charge in [0, 0.05) is 0 Å². The van der Waals surface area contributed by atoms with Gasteiger partial charge in [0.2, 0.25) is 5.91 Å². The van der Waals surface area contributed by atoms with Crippen LogP contribution in [0.5, 0.6) is 0 Å². The first-order valence-corrected chi connectivity index (χ1v) is 7.44. The summed E-state index contributed by atoms with van der Waals surface area (Å²) in [4.78, 5) is 12.7. The zero-order valence-corrected chi connectivity index (χ0v) is 11.6. The van der Waals surface area contributed by atoms with Crippen molar-refractivity contribution in [3.8, 4) is 6.07 Å². The van der Waals surface area contributed by atoms with E-state index in [4.69, 9.17) is 5.26 Å². The Morgan fingerprint density at radius 3 is 2.75 bits per heavy atom. The van der Waals surface area contributed by atoms with E-state index in [2.05, 4.69) is 17.4 Å². The summed E-state index contributed by atoms with van der Waals surface area (Å²) in [6.45, 7) is 0.118. The van der Waals surface area contributed by atoms with Gasteiger partial charge in [-0.15, -0.1) is 0 Å². The van der Waals surface area contributed by atoms with E-state index in [0.29, 0.717) is 11.8 Å². The van der Waals surface area contributed by atoms with Crippen LogP contribution >= 0.6 is 0 Å². The van der Waals surface area contributed by atoms with Gasteiger partial charge in [-0.05, 0) is 43.1 Å². The van der Waals surface area contributed by atoms with Gasteiger partial charge in [0.05, 0.1) is 11.5 Å². The first-order valence-electron chi connectivity index (χ1n) is 7.44. The van der Waals surface area contributed by atoms with E-state index in [9.17, 15) is 4.79 Å². The van der Waals surface area contributed by atoms with Gasteiger partial charge in [0.15, 0.2) is 0 Å². The van der Waals surface area contributed by atoms with Gasteiger partial charge in [-0.1, -0.05) is 36.8 Å². The second kappa shape index (κ2) is 5.28. The third-order valence-electron chi connectivity index (χ3n) is 5.12. The van der Waals surface area contributed by atoms with Crippen molar-refractivity contribution in [2.45, 2.75) is 32.1 Å². The fraction of sp³-hybridized carbons (Fsp3) is 0.529. The minimum atomic E-state index is -0.277. The van der Waals surface area contributed by atoms with Crippen molar-refractivity contribution in [2.24, 2.45) is 17.3 Å². The molecule has 20 heavy (non-hydrogen) atoms. The quantitative estimate of drug-likeness (QED) is 0.854. The minimum absolute atomic E-state index is 0.0927. The van der Waals surface area contributed by atoms with Gasteiger partial charge in [-0.3, -0.25) is 4.79 Å². The molecule has 3 nitrogen and oxygen atoms in total. The largest absolute Gasteiger partial charge is 0.342 e. The lowest BCUT2D eigenvalue weighted by molar-refractivity contribution is -0.133. The van der Waals surface area contributed by atoms with Crippen molar-refractivity contribution in [1.82, 2.24) is 5.32 Å². The number of rotatable bonds is 4. The van der Waals surface area contributed by atoms with Crippen LogP contribution in [0.15, 0.2) is 30.3 Å². The van der Waals surface area contributed by atoms with Gasteiger partial charge in [0.25, 0.3) is 0 Å². The molecule has 1 aromatic rings. The third-order valence-corrected chi connectivity index (χ3v) is 5.12. The van der Waals surface area contributed by atoms with Crippen LogP contribution < -0.4 is 5.32 Å². The second-order valence-corrected chi connectivity index (χ2v) is 6.24. The van der Waals surface area contributed by atoms with E-state index in [1.807, 2.05) is 24.3 Å². The van der Waals surface area contributed by atoms with Gasteiger partial charge in [-0.2, -0.15) is 5.26 Å². The molecule has 2 aliphatic rings. The Labute approximate surface area is 120 Å². The lowest BCUT2D eigenvalue weighted by Gasteiger charge is -2.36. The molecule has 3 rings (SSSR count). The maximum Gasteiger partial charge on any atom is 0.227 e. The van der Waals surface area contributed by atoms with Crippen molar-refractivity contribution in [3.05, 3.63) is 35.9 Å². The van der Waals surface area contributed by atoms with Gasteiger partial charge >= 0.3 is 0 Å². The summed E-state index contributed by atoms with van der Waals surface area (Å²) in [5.74, 6) is 1.29. The molecular formula is C17H20N2O. The number of nitrogens with zero attached hydrogens (tertiary/aromatic N) is 1. The molecule has 0 heterocycles. The average Bonchev–Trinajstić information content (AvgIpc) is 3.07. The Morgan fingerprint density at radius 1 is 1.35 bits per heavy atom. The van der Waals surface area contributed by atoms with Crippen molar-refractivity contribution in [2.75, 3.05) is 6.54 Å². The first-order chi connectivity index (χ1) is 9.74. The Kier molecular flexibility index (Phi) is 3.48. The van der Waals surface area contributed by atoms with Crippen LogP contribution in [-0.4, -0.2) is 12.5 Å². The molecule has 0 spiro atoms. The molecule has 0 radical (unpaired) electrons. The summed E-state index contributed by atoms with van der Waals surface area (Å²) in [7, 11) is 0. The van der Waals surface area contributed by atoms with Crippen LogP contribution in [0.1, 0.15) is 31.2 Å². The molecule has 1 N–H and O–H groups in total. The Balaban J connectivity index is 1.85. The molecule has 2 bridgehead atoms. The molecule has 3 atom stereocenters. The van der Waals surface area contributed by atoms with Crippen molar-refractivity contribution >= 4 is 5.91 Å². The molecule has 104 valence electrons. The van der Waals surface area contributed by atoms with E-state index < -0.39 is 0 Å². The molecule has 0 aliphatic heterocycles. The van der Waals surface area contributed by atoms with Crippen LogP contribution in [0.25, 0.3) is 0 Å². The zero-order valence-electron chi connectivity index (χ0n) is 11.6. The summed E-state index contributed by atoms with van der Waals surface area (Å²) >= 11 is 0. The maximum atomic E-state index is 12.7. The number of carbonyl (C=O) groups excluding carboxylic acids is 1. The number of benzene rings is 1. The monoisotopic (exact) mass is 268 g/mol. The van der Waals surface area contributed by atoms with Crippen LogP contribution in [0.2, 0.25) is 0 Å². The second-order valence-electron chi connectivity index (χ2n) is 6.24. The van der Waals surface area contributed by atoms with E-state index in [0.717, 1.165) is 19.3 Å². The Morgan fingerprint density at radius 2 is 2.15 bits per heavy atom. The fourth-order valence-electron chi connectivity index (χ4n) is 4.27. The van der Waals surface area contributed by atoms with Crippen LogP contribution in [0, 0.1) is 28.6 Å². The van der Waals surface area contributed by atoms with Gasteiger partial charge in [0.1, 0.15) is 6.54 Å². The summed E-state index contributed by atoms with van der Waals surface area (Å²) in [6.07, 6.45) is 5.42. The topological polar surface area (TPSA) is 52.9 Å². The van der Waals surface area contributed by atoms with Crippen molar-refractivity contribution in [1.29, 1.82) is 5.26 Å². The number of amides is 1. The van der Waals surface area contributed by atoms with E-state index in [1.165, 1.54) is 18.4 Å².